The predicted molar refractivity (Wildman–Crippen MR) is 72.0 cm³/mol. The van der Waals surface area contributed by atoms with Gasteiger partial charge in [0, 0.05) is 12.0 Å². The summed E-state index contributed by atoms with van der Waals surface area (Å²) in [5.74, 6) is 0.336. The highest BCUT2D eigenvalue weighted by Gasteiger charge is 2.33. The minimum absolute atomic E-state index is 0.0603. The van der Waals surface area contributed by atoms with Crippen LogP contribution < -0.4 is 0 Å². The van der Waals surface area contributed by atoms with Gasteiger partial charge in [-0.3, -0.25) is 4.79 Å². The highest BCUT2D eigenvalue weighted by atomic mass is 32.1. The van der Waals surface area contributed by atoms with Crippen molar-refractivity contribution in [2.24, 2.45) is 0 Å². The maximum Gasteiger partial charge on any atom is 0.278 e. The molecule has 0 radical (unpaired) electrons. The molecule has 0 N–H and O–H groups in total. The smallest absolute Gasteiger partial charge is 0.278 e. The Hall–Kier alpha value is -0.0901. The molecule has 0 spiro atoms. The van der Waals surface area contributed by atoms with Gasteiger partial charge < -0.3 is 9.71 Å². The highest BCUT2D eigenvalue weighted by molar-refractivity contribution is 7.96. The first kappa shape index (κ1) is 13.0. The van der Waals surface area contributed by atoms with E-state index in [1.807, 2.05) is 4.90 Å². The van der Waals surface area contributed by atoms with Gasteiger partial charge in [-0.15, -0.1) is 0 Å². The topological polar surface area (TPSA) is 23.6 Å². The lowest BCUT2D eigenvalue weighted by molar-refractivity contribution is 0.211. The lowest BCUT2D eigenvalue weighted by atomic mass is 9.90. The van der Waals surface area contributed by atoms with E-state index in [0.29, 0.717) is 12.0 Å². The summed E-state index contributed by atoms with van der Waals surface area (Å²) < 4.78 is 0. The number of carbonyl (C=O) groups is 1. The monoisotopic (exact) mass is 226 g/mol. The third kappa shape index (κ3) is 4.51. The molecule has 0 bridgehead atoms. The van der Waals surface area contributed by atoms with Gasteiger partial charge in [0.25, 0.3) is 5.24 Å². The molecule has 1 rings (SSSR count). The molecule has 0 heterocycles. The number of rotatable bonds is 6. The number of carbonyl (C=O) groups excluding carboxylic acids is 1. The second-order valence-electron chi connectivity index (χ2n) is 4.72. The normalized spacial score (nSPS) is 17.8. The van der Waals surface area contributed by atoms with E-state index in [-0.39, 0.29) is 5.24 Å². The van der Waals surface area contributed by atoms with Gasteiger partial charge in [-0.05, 0) is 39.3 Å². The third-order valence-electron chi connectivity index (χ3n) is 2.86. The van der Waals surface area contributed by atoms with Crippen molar-refractivity contribution in [1.29, 1.82) is 0 Å². The van der Waals surface area contributed by atoms with Gasteiger partial charge >= 0.3 is 0 Å². The molecule has 0 aromatic rings. The van der Waals surface area contributed by atoms with Crippen molar-refractivity contribution in [2.45, 2.75) is 37.7 Å². The summed E-state index contributed by atoms with van der Waals surface area (Å²) in [6.07, 6.45) is 4.52. The van der Waals surface area contributed by atoms with E-state index in [0.717, 1.165) is 32.2 Å². The lowest BCUT2D eigenvalue weighted by Gasteiger charge is -2.28. The van der Waals surface area contributed by atoms with Crippen LogP contribution >= 0.6 is 12.6 Å². The zero-order valence-electron chi connectivity index (χ0n) is 9.94. The molecule has 1 atom stereocenters. The molecule has 1 saturated carbocycles. The lowest BCUT2D eigenvalue weighted by Crippen LogP contribution is -2.39. The van der Waals surface area contributed by atoms with Gasteiger partial charge in [0.2, 0.25) is 0 Å². The van der Waals surface area contributed by atoms with Gasteiger partial charge in [0.1, 0.15) is 7.85 Å². The van der Waals surface area contributed by atoms with E-state index in [1.54, 1.807) is 0 Å². The summed E-state index contributed by atoms with van der Waals surface area (Å²) in [6.45, 7) is 1.09. The summed E-state index contributed by atoms with van der Waals surface area (Å²) in [4.78, 5) is 15.5. The van der Waals surface area contributed by atoms with E-state index in [1.165, 1.54) is 0 Å². The quantitative estimate of drug-likeness (QED) is 0.497. The molecule has 3 nitrogen and oxygen atoms in total. The first-order valence-electron chi connectivity index (χ1n) is 5.68. The van der Waals surface area contributed by atoms with Crippen molar-refractivity contribution in [1.82, 2.24) is 9.71 Å². The van der Waals surface area contributed by atoms with Crippen LogP contribution in [0.25, 0.3) is 0 Å². The van der Waals surface area contributed by atoms with Crippen molar-refractivity contribution < 1.29 is 4.79 Å². The Kier molecular flexibility index (Phi) is 5.06. The van der Waals surface area contributed by atoms with Crippen LogP contribution in [0.3, 0.4) is 0 Å². The first-order chi connectivity index (χ1) is 7.02. The predicted octanol–water partition coefficient (Wildman–Crippen LogP) is -0.280. The molecule has 1 amide bonds. The zero-order chi connectivity index (χ0) is 11.4. The van der Waals surface area contributed by atoms with Crippen LogP contribution in [-0.2, 0) is 0 Å². The Bertz CT molecular complexity index is 224. The van der Waals surface area contributed by atoms with E-state index in [2.05, 4.69) is 40.3 Å². The Morgan fingerprint density at radius 3 is 2.60 bits per heavy atom. The molecule has 0 aromatic heterocycles. The number of amides is 1. The molecule has 0 aromatic carbocycles. The zero-order valence-corrected chi connectivity index (χ0v) is 10.8. The molecule has 0 saturated heterocycles. The second kappa shape index (κ2) is 5.85. The highest BCUT2D eigenvalue weighted by Crippen LogP contribution is 2.30. The number of nitrogens with zero attached hydrogens (tertiary/aromatic N) is 2. The van der Waals surface area contributed by atoms with Crippen LogP contribution in [0.4, 0.5) is 4.79 Å². The van der Waals surface area contributed by atoms with Gasteiger partial charge in [-0.2, -0.15) is 0 Å². The van der Waals surface area contributed by atoms with Gasteiger partial charge in [-0.25, -0.2) is 0 Å². The van der Waals surface area contributed by atoms with Crippen LogP contribution in [0, 0.1) is 0 Å². The average Bonchev–Trinajstić information content (AvgIpc) is 2.87. The van der Waals surface area contributed by atoms with E-state index in [4.69, 9.17) is 0 Å². The van der Waals surface area contributed by atoms with E-state index >= 15 is 0 Å². The minimum Gasteiger partial charge on any atom is -0.351 e. The van der Waals surface area contributed by atoms with Crippen molar-refractivity contribution in [2.75, 3.05) is 13.6 Å². The maximum atomic E-state index is 11.3. The Morgan fingerprint density at radius 2 is 2.20 bits per heavy atom. The molecule has 1 aliphatic rings. The van der Waals surface area contributed by atoms with Crippen molar-refractivity contribution in [3.63, 3.8) is 0 Å². The number of hydrogen-bond acceptors (Lipinski definition) is 2. The van der Waals surface area contributed by atoms with Crippen LogP contribution in [0.2, 0.25) is 0 Å². The van der Waals surface area contributed by atoms with Crippen LogP contribution in [0.1, 0.15) is 25.7 Å². The Morgan fingerprint density at radius 1 is 1.60 bits per heavy atom. The van der Waals surface area contributed by atoms with Crippen molar-refractivity contribution >= 4 is 33.7 Å². The van der Waals surface area contributed by atoms with Crippen LogP contribution in [0.5, 0.6) is 0 Å². The molecule has 15 heavy (non-hydrogen) atoms. The largest absolute Gasteiger partial charge is 0.351 e. The standard InChI is InChI=1S/C9H20B2N2OS/c1-12(11)6-2-3-8(10)13(9(14)15)7-4-5-7/h7-8H,2-6,10-11H2,1H3,(H,14,15). The molecule has 0 aliphatic heterocycles. The summed E-state index contributed by atoms with van der Waals surface area (Å²) in [5, 5.41) is -0.0603. The molecule has 6 heteroatoms. The van der Waals surface area contributed by atoms with Gasteiger partial charge in [-0.1, -0.05) is 12.6 Å². The fourth-order valence-electron chi connectivity index (χ4n) is 1.90. The maximum absolute atomic E-state index is 11.3. The molecular weight excluding hydrogens is 206 g/mol. The Balaban J connectivity index is 2.29. The summed E-state index contributed by atoms with van der Waals surface area (Å²) in [7, 11) is 6.28. The van der Waals surface area contributed by atoms with E-state index < -0.39 is 0 Å². The molecule has 1 aliphatic carbocycles. The van der Waals surface area contributed by atoms with Crippen molar-refractivity contribution in [3.05, 3.63) is 0 Å². The number of thiol groups is 1. The summed E-state index contributed by atoms with van der Waals surface area (Å²) in [5.41, 5.74) is 0. The fraction of sp³-hybridized carbons (Fsp3) is 0.889. The van der Waals surface area contributed by atoms with Crippen LogP contribution in [0.15, 0.2) is 0 Å². The summed E-state index contributed by atoms with van der Waals surface area (Å²) >= 11 is 3.95. The van der Waals surface area contributed by atoms with Crippen molar-refractivity contribution in [3.8, 4) is 0 Å². The molecule has 1 unspecified atom stereocenters. The molecular formula is C9H20B2N2OS. The SMILES string of the molecule is BC(CCCN(B)C)N(C(=O)S)C1CC1. The van der Waals surface area contributed by atoms with E-state index in [9.17, 15) is 4.79 Å². The Labute approximate surface area is 99.8 Å². The third-order valence-corrected chi connectivity index (χ3v) is 3.09. The minimum atomic E-state index is -0.0603. The number of hydrogen-bond donors (Lipinski definition) is 1. The fourth-order valence-corrected chi connectivity index (χ4v) is 2.26. The molecule has 1 fully saturated rings. The van der Waals surface area contributed by atoms with Crippen LogP contribution in [-0.4, -0.2) is 56.4 Å². The first-order valence-corrected chi connectivity index (χ1v) is 6.13. The second-order valence-corrected chi connectivity index (χ2v) is 5.10. The van der Waals surface area contributed by atoms with Gasteiger partial charge in [0.05, 0.1) is 0 Å². The summed E-state index contributed by atoms with van der Waals surface area (Å²) in [6, 6.07) is 0.476. The average molecular weight is 226 g/mol. The van der Waals surface area contributed by atoms with Gasteiger partial charge in [0.15, 0.2) is 7.98 Å². The molecule has 84 valence electrons.